The Morgan fingerprint density at radius 2 is 0.402 bits per heavy atom. The Morgan fingerprint density at radius 1 is 0.196 bits per heavy atom. The lowest BCUT2D eigenvalue weighted by atomic mass is 9.42. The van der Waals surface area contributed by atoms with Gasteiger partial charge in [0.15, 0.2) is 0 Å². The van der Waals surface area contributed by atoms with Gasteiger partial charge in [0, 0.05) is 67.0 Å². The topological polar surface area (TPSA) is 476 Å². The van der Waals surface area contributed by atoms with Crippen molar-refractivity contribution in [1.82, 2.24) is 0 Å². The maximum absolute atomic E-state index is 12.1. The molecule has 0 radical (unpaired) electrons. The van der Waals surface area contributed by atoms with Gasteiger partial charge in [0.1, 0.15) is 0 Å². The third-order valence-corrected chi connectivity index (χ3v) is 19.2. The first-order chi connectivity index (χ1) is 47.3. The summed E-state index contributed by atoms with van der Waals surface area (Å²) in [6, 6.07) is 48.7. The van der Waals surface area contributed by atoms with Crippen molar-refractivity contribution in [3.8, 4) is 209 Å². The van der Waals surface area contributed by atoms with Gasteiger partial charge in [0.05, 0.1) is 186 Å². The Hall–Kier alpha value is -16.5. The number of thiophene rings is 1. The minimum Gasteiger partial charge on any atom is -0.212 e. The molecule has 0 amide bonds. The fourth-order valence-corrected chi connectivity index (χ4v) is 15.9. The van der Waals surface area contributed by atoms with E-state index in [4.69, 9.17) is 0 Å². The second-order valence-corrected chi connectivity index (χ2v) is 23.0. The van der Waals surface area contributed by atoms with E-state index in [0.29, 0.717) is 11.3 Å². The summed E-state index contributed by atoms with van der Waals surface area (Å²) in [7, 11) is 0. The van der Waals surface area contributed by atoms with E-state index in [-0.39, 0.29) is 142 Å². The van der Waals surface area contributed by atoms with Crippen molar-refractivity contribution in [2.45, 2.75) is 0 Å². The smallest absolute Gasteiger partial charge is 0.212 e. The molecule has 20 nitrogen and oxygen atoms in total. The molecule has 4 aliphatic rings. The molecular weight excluding hydrogens is 1220 g/mol. The number of fused-ring (bicyclic) bond motifs is 12. The highest BCUT2D eigenvalue weighted by atomic mass is 32.1. The zero-order valence-corrected chi connectivity index (χ0v) is 49.4. The molecule has 4 aliphatic heterocycles. The maximum atomic E-state index is 12.1. The molecule has 9 aromatic rings. The van der Waals surface area contributed by atoms with E-state index >= 15 is 0 Å². The predicted molar refractivity (Wildman–Crippen MR) is 346 cm³/mol. The molecule has 5 heterocycles. The van der Waals surface area contributed by atoms with Gasteiger partial charge < -0.3 is 0 Å². The third kappa shape index (κ3) is 7.80. The zero-order chi connectivity index (χ0) is 68.7. The molecule has 97 heavy (non-hydrogen) atoms. The van der Waals surface area contributed by atoms with E-state index in [1.54, 1.807) is 0 Å². The Bertz CT molecular complexity index is 6080. The van der Waals surface area contributed by atoms with Crippen LogP contribution >= 0.6 is 11.3 Å². The fraction of sp³-hybridized carbons (Fsp3) is 0. The molecule has 8 aromatic carbocycles. The summed E-state index contributed by atoms with van der Waals surface area (Å²) in [6.45, 7) is -6.16. The molecule has 0 spiro atoms. The highest BCUT2D eigenvalue weighted by Crippen LogP contribution is 2.58. The van der Waals surface area contributed by atoms with E-state index in [2.05, 4.69) is 72.4 Å². The summed E-state index contributed by atoms with van der Waals surface area (Å²) in [5.74, 6) is 8.69. The third-order valence-electron chi connectivity index (χ3n) is 18.0. The summed E-state index contributed by atoms with van der Waals surface area (Å²) < 4.78 is 0. The first-order valence-electron chi connectivity index (χ1n) is 28.0. The molecule has 0 aliphatic carbocycles. The van der Waals surface area contributed by atoms with Gasteiger partial charge in [-0.1, -0.05) is 0 Å². The van der Waals surface area contributed by atoms with Crippen LogP contribution in [0.2, 0.25) is 0 Å². The summed E-state index contributed by atoms with van der Waals surface area (Å²) in [5, 5.41) is 224. The van der Waals surface area contributed by atoms with Crippen LogP contribution in [0.4, 0.5) is 0 Å². The van der Waals surface area contributed by atoms with Crippen molar-refractivity contribution in [2.24, 2.45) is 0 Å². The Balaban J connectivity index is 1.33. The van der Waals surface area contributed by atoms with Crippen molar-refractivity contribution < 1.29 is 0 Å². The molecule has 0 unspecified atom stereocenters. The molecule has 418 valence electrons. The predicted octanol–water partition coefficient (Wildman–Crippen LogP) is 4.97. The van der Waals surface area contributed by atoms with Crippen LogP contribution in [0.5, 0.6) is 0 Å². The lowest BCUT2D eigenvalue weighted by molar-refractivity contribution is 1.43. The van der Waals surface area contributed by atoms with Crippen LogP contribution in [0.3, 0.4) is 0 Å². The monoisotopic (exact) mass is 1230 g/mol. The zero-order valence-electron chi connectivity index (χ0n) is 48.6. The number of nitrogens with zero attached hydrogens (tertiary/aromatic N) is 20. The molecule has 0 saturated heterocycles. The Kier molecular flexibility index (Phi) is 13.6. The summed E-state index contributed by atoms with van der Waals surface area (Å²) in [6.07, 6.45) is 0. The molecule has 0 bridgehead atoms. The second-order valence-electron chi connectivity index (χ2n) is 22.0. The van der Waals surface area contributed by atoms with Gasteiger partial charge >= 0.3 is 26.9 Å². The lowest BCUT2D eigenvalue weighted by Crippen LogP contribution is -2.40. The van der Waals surface area contributed by atoms with Gasteiger partial charge in [0.2, 0.25) is 0 Å². The van der Waals surface area contributed by atoms with Crippen LogP contribution in [-0.4, -0.2) is 26.9 Å². The Labute approximate surface area is 554 Å². The van der Waals surface area contributed by atoms with Crippen LogP contribution in [0.15, 0.2) is 72.8 Å². The number of nitriles is 20. The largest absolute Gasteiger partial charge is 0.336 e. The van der Waals surface area contributed by atoms with Crippen LogP contribution < -0.4 is 43.7 Å². The van der Waals surface area contributed by atoms with E-state index in [1.165, 1.54) is 72.8 Å². The number of hydrogen-bond acceptors (Lipinski definition) is 21. The van der Waals surface area contributed by atoms with E-state index in [9.17, 15) is 105 Å². The van der Waals surface area contributed by atoms with Gasteiger partial charge in [-0.3, -0.25) is 0 Å². The molecule has 0 atom stereocenters. The van der Waals surface area contributed by atoms with Gasteiger partial charge in [-0.25, -0.2) is 21.0 Å². The van der Waals surface area contributed by atoms with Crippen LogP contribution in [-0.2, 0) is 0 Å². The highest BCUT2D eigenvalue weighted by molar-refractivity contribution is 7.20. The number of hydrogen-bond donors (Lipinski definition) is 0. The number of rotatable bonds is 4. The molecule has 1 aromatic heterocycles. The molecule has 0 saturated carbocycles. The maximum Gasteiger partial charge on any atom is 0.336 e. The normalized spacial score (nSPS) is 11.0. The summed E-state index contributed by atoms with van der Waals surface area (Å²) in [5.41, 5.74) is -6.99. The number of benzene rings is 8. The summed E-state index contributed by atoms with van der Waals surface area (Å²) in [4.78, 5) is -0.684. The average molecular weight is 1230 g/mol. The highest BCUT2D eigenvalue weighted by Gasteiger charge is 2.48. The van der Waals surface area contributed by atoms with Crippen molar-refractivity contribution in [3.63, 3.8) is 0 Å². The van der Waals surface area contributed by atoms with Crippen LogP contribution in [0.25, 0.3) is 87.6 Å². The molecule has 0 N–H and O–H groups in total. The van der Waals surface area contributed by atoms with Crippen molar-refractivity contribution >= 4 is 81.9 Å². The average Bonchev–Trinajstić information content (AvgIpc) is 1.56. The molecule has 25 heteroatoms. The molecule has 0 fully saturated rings. The fourth-order valence-electron chi connectivity index (χ4n) is 14.4. The SMILES string of the molecule is N#CB1c2c(C#N)cc(C#N)cc2-c2cc(C#N)c(-c3sc(-c4c(C#N)cc5c(c4C#N)B(C#N)c4c(C#N)cc(C#N)cc4-5)c(-c4c(C#N)cc5c(c4C#N)B(C#N)c4c(C#N)cc(C#N)cc4-5)c3-c3c(C#N)cc4c(c3C#N)B(C#N)c3c(C#N)cc(C#N)cc3-4)c(C#N)c21. The van der Waals surface area contributed by atoms with Gasteiger partial charge in [-0.05, 0) is 161 Å². The molecule has 13 rings (SSSR count). The van der Waals surface area contributed by atoms with Crippen molar-refractivity contribution in [3.05, 3.63) is 162 Å². The lowest BCUT2D eigenvalue weighted by Gasteiger charge is -2.21. The van der Waals surface area contributed by atoms with E-state index < -0.39 is 105 Å². The minimum atomic E-state index is -1.56. The quantitative estimate of drug-likeness (QED) is 0.210. The van der Waals surface area contributed by atoms with Gasteiger partial charge in [-0.2, -0.15) is 84.2 Å². The summed E-state index contributed by atoms with van der Waals surface area (Å²) >= 11 is 0.570. The second kappa shape index (κ2) is 22.2. The van der Waals surface area contributed by atoms with E-state index in [1.807, 2.05) is 48.6 Å². The first-order valence-corrected chi connectivity index (χ1v) is 28.8. The van der Waals surface area contributed by atoms with E-state index in [0.717, 1.165) is 0 Å². The molecular formula is C72H12B4N20S. The van der Waals surface area contributed by atoms with Crippen LogP contribution in [0.1, 0.15) is 89.0 Å². The Morgan fingerprint density at radius 3 is 0.598 bits per heavy atom. The standard InChI is InChI=1S/C72H12B4N20S/c77-13-33-1-41(21-85)63-45(5-33)49-9-37(17-81)57(53(25-89)67(49)73(63)29-93)61-62(58-38(18-82)10-50-46-6-34(14-78)2-42(22-86)64(46)74(30-94)68(50)54(58)26-90)72(60-40(20-84)12-52-48-8-36(16-80)4-44(24-88)66(48)76(32-96)70(52)56(60)28-92)97-71(61)59-39(19-83)11-51-47-7-35(15-79)3-43(23-87)65(47)75(31-95)69(51)55(59)27-91/h1-12H. The van der Waals surface area contributed by atoms with Gasteiger partial charge in [0.25, 0.3) is 0 Å². The first kappa shape index (κ1) is 59.5. The van der Waals surface area contributed by atoms with Crippen LogP contribution in [0, 0.1) is 226 Å². The van der Waals surface area contributed by atoms with Crippen molar-refractivity contribution in [2.75, 3.05) is 0 Å². The van der Waals surface area contributed by atoms with Crippen molar-refractivity contribution in [1.29, 1.82) is 105 Å². The van der Waals surface area contributed by atoms with Gasteiger partial charge in [-0.15, -0.1) is 11.3 Å². The minimum absolute atomic E-state index is 0.0151.